The van der Waals surface area contributed by atoms with E-state index in [1.165, 1.54) is 0 Å². The van der Waals surface area contributed by atoms with Crippen molar-refractivity contribution in [2.75, 3.05) is 31.9 Å². The first-order valence-corrected chi connectivity index (χ1v) is 9.55. The van der Waals surface area contributed by atoms with E-state index in [1.54, 1.807) is 24.3 Å². The Morgan fingerprint density at radius 1 is 1.24 bits per heavy atom. The fraction of sp³-hybridized carbons (Fsp3) is 0.600. The average molecular weight is 377 g/mol. The lowest BCUT2D eigenvalue weighted by atomic mass is 9.93. The lowest BCUT2D eigenvalue weighted by Crippen LogP contribution is -2.40. The van der Waals surface area contributed by atoms with Gasteiger partial charge in [-0.2, -0.15) is 0 Å². The van der Waals surface area contributed by atoms with Crippen molar-refractivity contribution in [3.8, 4) is 0 Å². The van der Waals surface area contributed by atoms with E-state index >= 15 is 0 Å². The van der Waals surface area contributed by atoms with Crippen LogP contribution in [0, 0.1) is 5.41 Å². The summed E-state index contributed by atoms with van der Waals surface area (Å²) in [5.74, 6) is 0.128. The summed E-state index contributed by atoms with van der Waals surface area (Å²) >= 11 is 3.31. The van der Waals surface area contributed by atoms with Crippen molar-refractivity contribution >= 4 is 25.8 Å². The van der Waals surface area contributed by atoms with Crippen LogP contribution in [-0.2, 0) is 9.84 Å². The largest absolute Gasteiger partial charge is 0.330 e. The third-order valence-corrected chi connectivity index (χ3v) is 5.74. The second-order valence-corrected chi connectivity index (χ2v) is 9.03. The molecule has 0 saturated carbocycles. The molecule has 0 aromatic heterocycles. The number of hydrogen-bond donors (Lipinski definition) is 1. The number of nitrogens with zero attached hydrogens (tertiary/aromatic N) is 1. The Morgan fingerprint density at radius 2 is 1.81 bits per heavy atom. The van der Waals surface area contributed by atoms with Crippen LogP contribution in [0.5, 0.6) is 0 Å². The molecule has 0 heterocycles. The molecule has 1 aromatic carbocycles. The summed E-state index contributed by atoms with van der Waals surface area (Å²) in [5.41, 5.74) is 5.74. The van der Waals surface area contributed by atoms with E-state index in [-0.39, 0.29) is 11.2 Å². The number of halogens is 1. The van der Waals surface area contributed by atoms with Crippen LogP contribution in [0.15, 0.2) is 33.6 Å². The van der Waals surface area contributed by atoms with Crippen molar-refractivity contribution in [2.45, 2.75) is 25.7 Å². The SMILES string of the molecule is CCN(CCS(=O)(=O)c1ccc(Br)cc1)CC(C)(C)CN. The zero-order valence-electron chi connectivity index (χ0n) is 13.0. The highest BCUT2D eigenvalue weighted by atomic mass is 79.9. The molecule has 0 bridgehead atoms. The summed E-state index contributed by atoms with van der Waals surface area (Å²) in [6.45, 7) is 8.97. The van der Waals surface area contributed by atoms with Gasteiger partial charge in [0.25, 0.3) is 0 Å². The Hall–Kier alpha value is -0.430. The number of nitrogens with two attached hydrogens (primary N) is 1. The first kappa shape index (κ1) is 18.6. The summed E-state index contributed by atoms with van der Waals surface area (Å²) in [5, 5.41) is 0. The van der Waals surface area contributed by atoms with Crippen molar-refractivity contribution in [1.82, 2.24) is 4.90 Å². The summed E-state index contributed by atoms with van der Waals surface area (Å²) in [4.78, 5) is 2.52. The van der Waals surface area contributed by atoms with Gasteiger partial charge in [-0.3, -0.25) is 0 Å². The molecule has 0 aliphatic rings. The van der Waals surface area contributed by atoms with Gasteiger partial charge in [0, 0.05) is 17.6 Å². The molecule has 0 saturated heterocycles. The van der Waals surface area contributed by atoms with Gasteiger partial charge >= 0.3 is 0 Å². The van der Waals surface area contributed by atoms with Gasteiger partial charge in [0.1, 0.15) is 0 Å². The number of rotatable bonds is 8. The summed E-state index contributed by atoms with van der Waals surface area (Å²) < 4.78 is 25.5. The maximum Gasteiger partial charge on any atom is 0.179 e. The number of sulfone groups is 1. The highest BCUT2D eigenvalue weighted by Gasteiger charge is 2.21. The van der Waals surface area contributed by atoms with Crippen LogP contribution in [0.3, 0.4) is 0 Å². The first-order chi connectivity index (χ1) is 9.70. The molecular formula is C15H25BrN2O2S. The normalized spacial score (nSPS) is 12.9. The van der Waals surface area contributed by atoms with Crippen LogP contribution in [0.2, 0.25) is 0 Å². The van der Waals surface area contributed by atoms with Crippen LogP contribution in [0.25, 0.3) is 0 Å². The Kier molecular flexibility index (Phi) is 6.84. The maximum atomic E-state index is 12.3. The Bertz CT molecular complexity index is 541. The molecule has 120 valence electrons. The van der Waals surface area contributed by atoms with Gasteiger partial charge < -0.3 is 10.6 Å². The van der Waals surface area contributed by atoms with Gasteiger partial charge in [0.2, 0.25) is 0 Å². The minimum absolute atomic E-state index is 0.00260. The molecule has 1 rings (SSSR count). The highest BCUT2D eigenvalue weighted by Crippen LogP contribution is 2.18. The molecule has 0 aliphatic heterocycles. The summed E-state index contributed by atoms with van der Waals surface area (Å²) in [6.07, 6.45) is 0. The molecule has 0 aliphatic carbocycles. The lowest BCUT2D eigenvalue weighted by molar-refractivity contribution is 0.199. The van der Waals surface area contributed by atoms with E-state index in [9.17, 15) is 8.42 Å². The highest BCUT2D eigenvalue weighted by molar-refractivity contribution is 9.10. The van der Waals surface area contributed by atoms with Crippen molar-refractivity contribution in [1.29, 1.82) is 0 Å². The molecule has 0 spiro atoms. The van der Waals surface area contributed by atoms with Crippen LogP contribution >= 0.6 is 15.9 Å². The Balaban J connectivity index is 2.69. The quantitative estimate of drug-likeness (QED) is 0.756. The van der Waals surface area contributed by atoms with E-state index < -0.39 is 9.84 Å². The van der Waals surface area contributed by atoms with Crippen molar-refractivity contribution < 1.29 is 8.42 Å². The smallest absolute Gasteiger partial charge is 0.179 e. The van der Waals surface area contributed by atoms with E-state index in [0.29, 0.717) is 18.0 Å². The Labute approximate surface area is 136 Å². The summed E-state index contributed by atoms with van der Waals surface area (Å²) in [7, 11) is -3.24. The van der Waals surface area contributed by atoms with Crippen molar-refractivity contribution in [3.05, 3.63) is 28.7 Å². The fourth-order valence-corrected chi connectivity index (χ4v) is 3.58. The van der Waals surface area contributed by atoms with Crippen LogP contribution < -0.4 is 5.73 Å². The molecule has 0 amide bonds. The number of hydrogen-bond acceptors (Lipinski definition) is 4. The Morgan fingerprint density at radius 3 is 2.29 bits per heavy atom. The topological polar surface area (TPSA) is 63.4 Å². The predicted octanol–water partition coefficient (Wildman–Crippen LogP) is 2.53. The molecule has 0 atom stereocenters. The monoisotopic (exact) mass is 376 g/mol. The van der Waals surface area contributed by atoms with Gasteiger partial charge in [-0.15, -0.1) is 0 Å². The van der Waals surface area contributed by atoms with Gasteiger partial charge in [-0.1, -0.05) is 36.7 Å². The van der Waals surface area contributed by atoms with Gasteiger partial charge in [-0.25, -0.2) is 8.42 Å². The van der Waals surface area contributed by atoms with Crippen LogP contribution in [0.4, 0.5) is 0 Å². The zero-order chi connectivity index (χ0) is 16.1. The molecule has 2 N–H and O–H groups in total. The molecule has 21 heavy (non-hydrogen) atoms. The van der Waals surface area contributed by atoms with Crippen LogP contribution in [-0.4, -0.2) is 45.2 Å². The molecule has 1 aromatic rings. The minimum Gasteiger partial charge on any atom is -0.330 e. The van der Waals surface area contributed by atoms with Crippen molar-refractivity contribution in [2.24, 2.45) is 11.1 Å². The van der Waals surface area contributed by atoms with Crippen LogP contribution in [0.1, 0.15) is 20.8 Å². The average Bonchev–Trinajstić information content (AvgIpc) is 2.44. The summed E-state index contributed by atoms with van der Waals surface area (Å²) in [6, 6.07) is 6.78. The zero-order valence-corrected chi connectivity index (χ0v) is 15.4. The van der Waals surface area contributed by atoms with Gasteiger partial charge in [0.15, 0.2) is 9.84 Å². The molecule has 0 radical (unpaired) electrons. The standard InChI is InChI=1S/C15H25BrN2O2S/c1-4-18(12-15(2,3)11-17)9-10-21(19,20)14-7-5-13(16)6-8-14/h5-8H,4,9-12,17H2,1-3H3. The maximum absolute atomic E-state index is 12.3. The lowest BCUT2D eigenvalue weighted by Gasteiger charge is -2.30. The van der Waals surface area contributed by atoms with E-state index in [1.807, 2.05) is 6.92 Å². The fourth-order valence-electron chi connectivity index (χ4n) is 2.03. The van der Waals surface area contributed by atoms with Crippen molar-refractivity contribution in [3.63, 3.8) is 0 Å². The third-order valence-electron chi connectivity index (χ3n) is 3.50. The molecule has 6 heteroatoms. The molecule has 4 nitrogen and oxygen atoms in total. The van der Waals surface area contributed by atoms with Gasteiger partial charge in [-0.05, 0) is 42.8 Å². The predicted molar refractivity (Wildman–Crippen MR) is 91.1 cm³/mol. The molecule has 0 unspecified atom stereocenters. The van der Waals surface area contributed by atoms with E-state index in [0.717, 1.165) is 17.6 Å². The van der Waals surface area contributed by atoms with E-state index in [2.05, 4.69) is 34.7 Å². The van der Waals surface area contributed by atoms with E-state index in [4.69, 9.17) is 5.73 Å². The minimum atomic E-state index is -3.24. The molecule has 0 fully saturated rings. The number of benzene rings is 1. The first-order valence-electron chi connectivity index (χ1n) is 7.11. The second-order valence-electron chi connectivity index (χ2n) is 6.01. The van der Waals surface area contributed by atoms with Gasteiger partial charge in [0.05, 0.1) is 10.6 Å². The second kappa shape index (κ2) is 7.72. The third kappa shape index (κ3) is 6.06. The molecular weight excluding hydrogens is 352 g/mol.